The molecule has 1 saturated carbocycles. The molecule has 0 spiro atoms. The predicted molar refractivity (Wildman–Crippen MR) is 55.8 cm³/mol. The highest BCUT2D eigenvalue weighted by molar-refractivity contribution is 5.70. The zero-order chi connectivity index (χ0) is 11.1. The van der Waals surface area contributed by atoms with E-state index in [-0.39, 0.29) is 11.8 Å². The summed E-state index contributed by atoms with van der Waals surface area (Å²) in [6.07, 6.45) is 5.99. The van der Waals surface area contributed by atoms with Gasteiger partial charge < -0.3 is 5.11 Å². The number of nitrogens with zero attached hydrogens (tertiary/aromatic N) is 2. The molecule has 0 aliphatic heterocycles. The highest BCUT2D eigenvalue weighted by Crippen LogP contribution is 2.50. The van der Waals surface area contributed by atoms with Crippen LogP contribution >= 0.6 is 0 Å². The van der Waals surface area contributed by atoms with Gasteiger partial charge in [-0.1, -0.05) is 0 Å². The Morgan fingerprint density at radius 3 is 2.73 bits per heavy atom. The second-order valence-corrected chi connectivity index (χ2v) is 4.65. The van der Waals surface area contributed by atoms with Crippen LogP contribution in [0.2, 0.25) is 0 Å². The Labute approximate surface area is 88.9 Å². The Morgan fingerprint density at radius 2 is 2.33 bits per heavy atom. The fourth-order valence-electron chi connectivity index (χ4n) is 1.90. The van der Waals surface area contributed by atoms with Crippen molar-refractivity contribution in [3.63, 3.8) is 0 Å². The summed E-state index contributed by atoms with van der Waals surface area (Å²) in [5, 5.41) is 13.1. The first-order chi connectivity index (χ1) is 7.03. The number of aromatic nitrogens is 2. The summed E-state index contributed by atoms with van der Waals surface area (Å²) >= 11 is 0. The van der Waals surface area contributed by atoms with E-state index in [2.05, 4.69) is 18.9 Å². The number of carboxylic acids is 1. The van der Waals surface area contributed by atoms with Crippen LogP contribution in [-0.2, 0) is 10.2 Å². The summed E-state index contributed by atoms with van der Waals surface area (Å²) in [5.74, 6) is -0.718. The smallest absolute Gasteiger partial charge is 0.304 e. The number of carboxylic acid groups (broad SMARTS) is 1. The molecule has 15 heavy (non-hydrogen) atoms. The molecule has 1 heterocycles. The topological polar surface area (TPSA) is 55.1 Å². The van der Waals surface area contributed by atoms with Gasteiger partial charge in [0.25, 0.3) is 0 Å². The van der Waals surface area contributed by atoms with Gasteiger partial charge in [-0.25, -0.2) is 0 Å². The molecule has 0 radical (unpaired) electrons. The van der Waals surface area contributed by atoms with Crippen LogP contribution in [0.25, 0.3) is 0 Å². The van der Waals surface area contributed by atoms with Crippen LogP contribution in [0.15, 0.2) is 12.4 Å². The van der Waals surface area contributed by atoms with Crippen molar-refractivity contribution >= 4 is 5.97 Å². The third-order valence-electron chi connectivity index (χ3n) is 3.09. The lowest BCUT2D eigenvalue weighted by atomic mass is 9.96. The predicted octanol–water partition coefficient (Wildman–Crippen LogP) is 1.97. The fourth-order valence-corrected chi connectivity index (χ4v) is 1.90. The average Bonchev–Trinajstić information content (AvgIpc) is 2.75. The Kier molecular flexibility index (Phi) is 2.29. The van der Waals surface area contributed by atoms with Gasteiger partial charge in [0.1, 0.15) is 0 Å². The SMILES string of the molecule is CC(C)n1cc(C2(CC(=O)O)CC2)cn1. The highest BCUT2D eigenvalue weighted by Gasteiger charge is 2.46. The summed E-state index contributed by atoms with van der Waals surface area (Å²) in [7, 11) is 0. The standard InChI is InChI=1S/C11H16N2O2/c1-8(2)13-7-9(6-12-13)11(3-4-11)5-10(14)15/h6-8H,3-5H2,1-2H3,(H,14,15). The Balaban J connectivity index is 2.18. The molecule has 2 rings (SSSR count). The number of hydrogen-bond donors (Lipinski definition) is 1. The van der Waals surface area contributed by atoms with Crippen molar-refractivity contribution in [3.8, 4) is 0 Å². The second kappa shape index (κ2) is 3.36. The number of hydrogen-bond acceptors (Lipinski definition) is 2. The lowest BCUT2D eigenvalue weighted by Gasteiger charge is -2.09. The third-order valence-corrected chi connectivity index (χ3v) is 3.09. The lowest BCUT2D eigenvalue weighted by Crippen LogP contribution is -2.12. The normalized spacial score (nSPS) is 18.1. The maximum atomic E-state index is 10.7. The van der Waals surface area contributed by atoms with E-state index in [1.807, 2.05) is 17.1 Å². The van der Waals surface area contributed by atoms with Crippen molar-refractivity contribution in [2.45, 2.75) is 44.6 Å². The Bertz CT molecular complexity index is 378. The molecule has 1 N–H and O–H groups in total. The van der Waals surface area contributed by atoms with Gasteiger partial charge in [-0.05, 0) is 32.3 Å². The molecule has 1 fully saturated rings. The molecule has 0 amide bonds. The van der Waals surface area contributed by atoms with Crippen LogP contribution in [0.5, 0.6) is 0 Å². The molecule has 0 bridgehead atoms. The first-order valence-electron chi connectivity index (χ1n) is 5.30. The van der Waals surface area contributed by atoms with E-state index in [1.165, 1.54) is 0 Å². The largest absolute Gasteiger partial charge is 0.481 e. The monoisotopic (exact) mass is 208 g/mol. The summed E-state index contributed by atoms with van der Waals surface area (Å²) in [6, 6.07) is 0.333. The van der Waals surface area contributed by atoms with Crippen molar-refractivity contribution in [2.24, 2.45) is 0 Å². The summed E-state index contributed by atoms with van der Waals surface area (Å²) in [5.41, 5.74) is 0.970. The zero-order valence-electron chi connectivity index (χ0n) is 9.10. The van der Waals surface area contributed by atoms with Gasteiger partial charge in [0.05, 0.1) is 12.6 Å². The average molecular weight is 208 g/mol. The minimum Gasteiger partial charge on any atom is -0.481 e. The van der Waals surface area contributed by atoms with Crippen molar-refractivity contribution in [1.29, 1.82) is 0 Å². The van der Waals surface area contributed by atoms with Gasteiger partial charge in [-0.2, -0.15) is 5.10 Å². The van der Waals surface area contributed by atoms with E-state index >= 15 is 0 Å². The minimum atomic E-state index is -0.718. The number of rotatable bonds is 4. The van der Waals surface area contributed by atoms with E-state index in [1.54, 1.807) is 0 Å². The Hall–Kier alpha value is -1.32. The molecule has 82 valence electrons. The van der Waals surface area contributed by atoms with Gasteiger partial charge in [-0.15, -0.1) is 0 Å². The summed E-state index contributed by atoms with van der Waals surface area (Å²) < 4.78 is 1.89. The van der Waals surface area contributed by atoms with Crippen molar-refractivity contribution < 1.29 is 9.90 Å². The molecule has 0 unspecified atom stereocenters. The van der Waals surface area contributed by atoms with Crippen molar-refractivity contribution in [2.75, 3.05) is 0 Å². The molecular formula is C11H16N2O2. The molecule has 4 heteroatoms. The van der Waals surface area contributed by atoms with E-state index in [9.17, 15) is 4.79 Å². The molecule has 1 aromatic rings. The molecule has 1 aliphatic rings. The van der Waals surface area contributed by atoms with Crippen molar-refractivity contribution in [1.82, 2.24) is 9.78 Å². The minimum absolute atomic E-state index is 0.112. The molecular weight excluding hydrogens is 192 g/mol. The van der Waals surface area contributed by atoms with E-state index < -0.39 is 5.97 Å². The van der Waals surface area contributed by atoms with E-state index in [4.69, 9.17) is 5.11 Å². The first kappa shape index (κ1) is 10.2. The third kappa shape index (κ3) is 1.89. The van der Waals surface area contributed by atoms with Crippen LogP contribution < -0.4 is 0 Å². The van der Waals surface area contributed by atoms with Crippen LogP contribution in [0.4, 0.5) is 0 Å². The lowest BCUT2D eigenvalue weighted by molar-refractivity contribution is -0.137. The highest BCUT2D eigenvalue weighted by atomic mass is 16.4. The fraction of sp³-hybridized carbons (Fsp3) is 0.636. The molecule has 0 aromatic carbocycles. The quantitative estimate of drug-likeness (QED) is 0.823. The van der Waals surface area contributed by atoms with Crippen LogP contribution in [-0.4, -0.2) is 20.9 Å². The summed E-state index contributed by atoms with van der Waals surface area (Å²) in [4.78, 5) is 10.7. The molecule has 0 atom stereocenters. The van der Waals surface area contributed by atoms with E-state index in [0.29, 0.717) is 6.04 Å². The van der Waals surface area contributed by atoms with Crippen LogP contribution in [0.3, 0.4) is 0 Å². The maximum absolute atomic E-state index is 10.7. The molecule has 0 saturated heterocycles. The molecule has 1 aromatic heterocycles. The van der Waals surface area contributed by atoms with Gasteiger partial charge in [-0.3, -0.25) is 9.48 Å². The molecule has 4 nitrogen and oxygen atoms in total. The van der Waals surface area contributed by atoms with Gasteiger partial charge >= 0.3 is 5.97 Å². The second-order valence-electron chi connectivity index (χ2n) is 4.65. The van der Waals surface area contributed by atoms with Crippen LogP contribution in [0.1, 0.15) is 44.7 Å². The van der Waals surface area contributed by atoms with Crippen molar-refractivity contribution in [3.05, 3.63) is 18.0 Å². The molecule has 1 aliphatic carbocycles. The van der Waals surface area contributed by atoms with Crippen LogP contribution in [0, 0.1) is 0 Å². The first-order valence-corrected chi connectivity index (χ1v) is 5.30. The van der Waals surface area contributed by atoms with E-state index in [0.717, 1.165) is 18.4 Å². The Morgan fingerprint density at radius 1 is 1.67 bits per heavy atom. The maximum Gasteiger partial charge on any atom is 0.304 e. The number of aliphatic carboxylic acids is 1. The summed E-state index contributed by atoms with van der Waals surface area (Å²) in [6.45, 7) is 4.13. The van der Waals surface area contributed by atoms with Gasteiger partial charge in [0, 0.05) is 17.7 Å². The zero-order valence-corrected chi connectivity index (χ0v) is 9.10. The van der Waals surface area contributed by atoms with Gasteiger partial charge in [0.15, 0.2) is 0 Å². The number of carbonyl (C=O) groups is 1. The van der Waals surface area contributed by atoms with Gasteiger partial charge in [0.2, 0.25) is 0 Å².